The van der Waals surface area contributed by atoms with Crippen LogP contribution >= 0.6 is 0 Å². The number of halogens is 1. The number of rotatable bonds is 4. The summed E-state index contributed by atoms with van der Waals surface area (Å²) in [7, 11) is 1.55. The minimum atomic E-state index is -0.968. The summed E-state index contributed by atoms with van der Waals surface area (Å²) < 4.78 is 18.7. The van der Waals surface area contributed by atoms with E-state index >= 15 is 0 Å². The van der Waals surface area contributed by atoms with Gasteiger partial charge in [-0.15, -0.1) is 0 Å². The van der Waals surface area contributed by atoms with E-state index in [1.54, 1.807) is 48.6 Å². The number of hydrogen-bond acceptors (Lipinski definition) is 5. The zero-order valence-electron chi connectivity index (χ0n) is 16.6. The van der Waals surface area contributed by atoms with Crippen LogP contribution in [0.25, 0.3) is 0 Å². The third-order valence-electron chi connectivity index (χ3n) is 5.67. The number of nitrogens with zero attached hydrogens (tertiary/aromatic N) is 2. The number of fused-ring (bicyclic) bond motifs is 1. The summed E-state index contributed by atoms with van der Waals surface area (Å²) in [6.07, 6.45) is -0.968. The molecule has 0 bridgehead atoms. The predicted molar refractivity (Wildman–Crippen MR) is 112 cm³/mol. The van der Waals surface area contributed by atoms with E-state index in [0.717, 1.165) is 4.90 Å². The van der Waals surface area contributed by atoms with Crippen LogP contribution in [0.4, 0.5) is 15.8 Å². The van der Waals surface area contributed by atoms with Crippen molar-refractivity contribution in [1.82, 2.24) is 0 Å². The molecule has 0 N–H and O–H groups in total. The van der Waals surface area contributed by atoms with E-state index in [0.29, 0.717) is 22.7 Å². The molecule has 2 saturated heterocycles. The zero-order chi connectivity index (χ0) is 21.5. The molecule has 5 rings (SSSR count). The Morgan fingerprint density at radius 1 is 0.839 bits per heavy atom. The van der Waals surface area contributed by atoms with Gasteiger partial charge in [-0.05, 0) is 54.1 Å². The van der Waals surface area contributed by atoms with Gasteiger partial charge in [0.25, 0.3) is 5.91 Å². The molecule has 7 heteroatoms. The summed E-state index contributed by atoms with van der Waals surface area (Å²) in [5.41, 5.74) is 1.86. The molecule has 2 amide bonds. The van der Waals surface area contributed by atoms with Gasteiger partial charge in [0, 0.05) is 0 Å². The highest BCUT2D eigenvalue weighted by atomic mass is 19.1. The lowest BCUT2D eigenvalue weighted by Gasteiger charge is -2.28. The van der Waals surface area contributed by atoms with Crippen molar-refractivity contribution in [2.75, 3.05) is 17.1 Å². The van der Waals surface area contributed by atoms with Crippen molar-refractivity contribution < 1.29 is 23.6 Å². The standard InChI is InChI=1S/C24H19FN2O4/c1-30-19-13-11-17(12-14-19)26-23(28)20-21(15-7-9-16(25)10-8-15)27(31-22(20)24(26)29)18-5-3-2-4-6-18/h2-14,20-22H,1H3/t20-,21-,22+/m1/s1. The van der Waals surface area contributed by atoms with E-state index in [-0.39, 0.29) is 11.7 Å². The molecule has 0 radical (unpaired) electrons. The van der Waals surface area contributed by atoms with Crippen LogP contribution in [0, 0.1) is 11.7 Å². The second-order valence-electron chi connectivity index (χ2n) is 7.42. The first-order valence-electron chi connectivity index (χ1n) is 9.87. The van der Waals surface area contributed by atoms with Crippen molar-refractivity contribution >= 4 is 23.2 Å². The van der Waals surface area contributed by atoms with Crippen molar-refractivity contribution in [2.24, 2.45) is 5.92 Å². The van der Waals surface area contributed by atoms with Crippen LogP contribution in [0.5, 0.6) is 5.75 Å². The quantitative estimate of drug-likeness (QED) is 0.602. The van der Waals surface area contributed by atoms with Crippen molar-refractivity contribution in [3.63, 3.8) is 0 Å². The topological polar surface area (TPSA) is 59.1 Å². The molecule has 0 saturated carbocycles. The van der Waals surface area contributed by atoms with Gasteiger partial charge >= 0.3 is 0 Å². The average Bonchev–Trinajstić information content (AvgIpc) is 3.31. The largest absolute Gasteiger partial charge is 0.497 e. The minimum absolute atomic E-state index is 0.354. The third kappa shape index (κ3) is 3.14. The Morgan fingerprint density at radius 2 is 1.52 bits per heavy atom. The molecule has 3 aromatic carbocycles. The molecule has 0 unspecified atom stereocenters. The first-order chi connectivity index (χ1) is 15.1. The molecule has 156 valence electrons. The maximum Gasteiger partial charge on any atom is 0.266 e. The van der Waals surface area contributed by atoms with Crippen LogP contribution in [0.2, 0.25) is 0 Å². The maximum absolute atomic E-state index is 13.6. The molecule has 6 nitrogen and oxygen atoms in total. The lowest BCUT2D eigenvalue weighted by atomic mass is 9.90. The highest BCUT2D eigenvalue weighted by molar-refractivity contribution is 6.23. The second kappa shape index (κ2) is 7.52. The Morgan fingerprint density at radius 3 is 2.16 bits per heavy atom. The lowest BCUT2D eigenvalue weighted by molar-refractivity contribution is -0.126. The Balaban J connectivity index is 1.56. The van der Waals surface area contributed by atoms with E-state index in [1.165, 1.54) is 12.1 Å². The normalized spacial score (nSPS) is 22.7. The van der Waals surface area contributed by atoms with Crippen LogP contribution in [0.15, 0.2) is 78.9 Å². The Labute approximate surface area is 178 Å². The van der Waals surface area contributed by atoms with E-state index in [1.807, 2.05) is 30.3 Å². The van der Waals surface area contributed by atoms with E-state index in [9.17, 15) is 14.0 Å². The van der Waals surface area contributed by atoms with Gasteiger partial charge < -0.3 is 4.74 Å². The van der Waals surface area contributed by atoms with Crippen LogP contribution in [-0.2, 0) is 14.4 Å². The molecule has 3 atom stereocenters. The number of hydroxylamine groups is 1. The van der Waals surface area contributed by atoms with Gasteiger partial charge in [0.2, 0.25) is 5.91 Å². The fourth-order valence-electron chi connectivity index (χ4n) is 4.20. The monoisotopic (exact) mass is 418 g/mol. The Hall–Kier alpha value is -3.71. The van der Waals surface area contributed by atoms with E-state index in [4.69, 9.17) is 9.57 Å². The summed E-state index contributed by atoms with van der Waals surface area (Å²) in [6, 6.07) is 21.3. The highest BCUT2D eigenvalue weighted by Gasteiger charge is 2.60. The first-order valence-corrected chi connectivity index (χ1v) is 9.87. The number of para-hydroxylation sites is 1. The number of benzene rings is 3. The fraction of sp³-hybridized carbons (Fsp3) is 0.167. The summed E-state index contributed by atoms with van der Waals surface area (Å²) in [6.45, 7) is 0. The van der Waals surface area contributed by atoms with Crippen molar-refractivity contribution in [2.45, 2.75) is 12.1 Å². The number of methoxy groups -OCH3 is 1. The molecular weight excluding hydrogens is 399 g/mol. The molecular formula is C24H19FN2O4. The summed E-state index contributed by atoms with van der Waals surface area (Å²) in [5, 5.41) is 1.59. The van der Waals surface area contributed by atoms with Gasteiger partial charge in [-0.2, -0.15) is 0 Å². The van der Waals surface area contributed by atoms with E-state index < -0.39 is 24.0 Å². The van der Waals surface area contributed by atoms with Gasteiger partial charge in [0.15, 0.2) is 6.10 Å². The smallest absolute Gasteiger partial charge is 0.266 e. The number of anilines is 2. The number of carbonyl (C=O) groups excluding carboxylic acids is 2. The van der Waals surface area contributed by atoms with Crippen LogP contribution < -0.4 is 14.7 Å². The molecule has 2 aliphatic rings. The second-order valence-corrected chi connectivity index (χ2v) is 7.42. The number of imide groups is 1. The third-order valence-corrected chi connectivity index (χ3v) is 5.67. The van der Waals surface area contributed by atoms with Gasteiger partial charge in [-0.25, -0.2) is 14.4 Å². The van der Waals surface area contributed by atoms with Gasteiger partial charge in [-0.3, -0.25) is 14.4 Å². The predicted octanol–water partition coefficient (Wildman–Crippen LogP) is 3.89. The zero-order valence-corrected chi connectivity index (χ0v) is 16.6. The van der Waals surface area contributed by atoms with Crippen molar-refractivity contribution in [3.8, 4) is 5.75 Å². The summed E-state index contributed by atoms with van der Waals surface area (Å²) in [4.78, 5) is 33.9. The molecule has 2 heterocycles. The number of ether oxygens (including phenoxy) is 1. The first kappa shape index (κ1) is 19.3. The maximum atomic E-state index is 13.6. The van der Waals surface area contributed by atoms with Gasteiger partial charge in [0.05, 0.1) is 24.5 Å². The van der Waals surface area contributed by atoms with Crippen molar-refractivity contribution in [1.29, 1.82) is 0 Å². The SMILES string of the molecule is COc1ccc(N2C(=O)[C@H]3[C@H](ON(c4ccccc4)[C@@H]3c3ccc(F)cc3)C2=O)cc1. The summed E-state index contributed by atoms with van der Waals surface area (Å²) in [5.74, 6) is -1.29. The van der Waals surface area contributed by atoms with Crippen LogP contribution in [-0.4, -0.2) is 25.0 Å². The van der Waals surface area contributed by atoms with Crippen LogP contribution in [0.3, 0.4) is 0 Å². The molecule has 3 aromatic rings. The highest BCUT2D eigenvalue weighted by Crippen LogP contribution is 2.47. The fourth-order valence-corrected chi connectivity index (χ4v) is 4.20. The average molecular weight is 418 g/mol. The number of carbonyl (C=O) groups is 2. The molecule has 2 aliphatic heterocycles. The van der Waals surface area contributed by atoms with Crippen molar-refractivity contribution in [3.05, 3.63) is 90.2 Å². The van der Waals surface area contributed by atoms with E-state index in [2.05, 4.69) is 0 Å². The molecule has 2 fully saturated rings. The Bertz CT molecular complexity index is 1120. The number of hydrogen-bond donors (Lipinski definition) is 0. The molecule has 0 spiro atoms. The molecule has 31 heavy (non-hydrogen) atoms. The molecule has 0 aliphatic carbocycles. The summed E-state index contributed by atoms with van der Waals surface area (Å²) >= 11 is 0. The minimum Gasteiger partial charge on any atom is -0.497 e. The lowest BCUT2D eigenvalue weighted by Crippen LogP contribution is -2.37. The molecule has 0 aromatic heterocycles. The van der Waals surface area contributed by atoms with Gasteiger partial charge in [0.1, 0.15) is 17.5 Å². The number of amides is 2. The van der Waals surface area contributed by atoms with Gasteiger partial charge in [-0.1, -0.05) is 30.3 Å². The van der Waals surface area contributed by atoms with Crippen LogP contribution in [0.1, 0.15) is 11.6 Å². The Kier molecular flexibility index (Phi) is 4.67.